The number of urea groups is 1. The zero-order valence-corrected chi connectivity index (χ0v) is 15.8. The van der Waals surface area contributed by atoms with E-state index in [1.807, 2.05) is 29.2 Å². The molecule has 9 nitrogen and oxygen atoms in total. The first-order valence-corrected chi connectivity index (χ1v) is 9.89. The highest BCUT2D eigenvalue weighted by molar-refractivity contribution is 5.89. The molecular formula is C19H25N7O2. The van der Waals surface area contributed by atoms with Gasteiger partial charge in [-0.05, 0) is 66.8 Å². The van der Waals surface area contributed by atoms with Gasteiger partial charge in [0.05, 0.1) is 5.69 Å². The Bertz CT molecular complexity index is 792. The van der Waals surface area contributed by atoms with Crippen molar-refractivity contribution in [2.45, 2.75) is 32.1 Å². The molecule has 0 spiro atoms. The molecule has 3 heterocycles. The maximum absolute atomic E-state index is 12.6. The summed E-state index contributed by atoms with van der Waals surface area (Å²) in [4.78, 5) is 29.0. The minimum absolute atomic E-state index is 0.0534. The van der Waals surface area contributed by atoms with Crippen LogP contribution in [0.5, 0.6) is 0 Å². The molecule has 0 aliphatic carbocycles. The van der Waals surface area contributed by atoms with Gasteiger partial charge in [0.1, 0.15) is 6.33 Å². The topological polar surface area (TPSA) is 96.2 Å². The highest BCUT2D eigenvalue weighted by Crippen LogP contribution is 2.22. The Balaban J connectivity index is 1.27. The van der Waals surface area contributed by atoms with Gasteiger partial charge in [-0.2, -0.15) is 0 Å². The molecule has 0 atom stereocenters. The Hall–Kier alpha value is -2.97. The average Bonchev–Trinajstić information content (AvgIpc) is 3.29. The van der Waals surface area contributed by atoms with Gasteiger partial charge in [-0.25, -0.2) is 9.48 Å². The number of hydrogen-bond acceptors (Lipinski definition) is 5. The standard InChI is InChI=1S/C19H25N7O2/c27-18(24-10-2-1-3-11-24)15-8-12-25(13-9-15)19(28)21-16-4-6-17(7-5-16)26-14-20-22-23-26/h4-7,14-15H,1-3,8-13H2,(H,21,28). The first-order valence-electron chi connectivity index (χ1n) is 9.89. The summed E-state index contributed by atoms with van der Waals surface area (Å²) >= 11 is 0. The van der Waals surface area contributed by atoms with Gasteiger partial charge in [-0.15, -0.1) is 5.10 Å². The minimum Gasteiger partial charge on any atom is -0.342 e. The van der Waals surface area contributed by atoms with E-state index >= 15 is 0 Å². The van der Waals surface area contributed by atoms with Crippen LogP contribution in [-0.2, 0) is 4.79 Å². The Morgan fingerprint density at radius 3 is 2.29 bits per heavy atom. The number of likely N-dealkylation sites (tertiary alicyclic amines) is 2. The molecule has 0 saturated carbocycles. The molecule has 0 bridgehead atoms. The van der Waals surface area contributed by atoms with Crippen LogP contribution in [0.2, 0.25) is 0 Å². The Kier molecular flexibility index (Phi) is 5.50. The summed E-state index contributed by atoms with van der Waals surface area (Å²) in [5, 5.41) is 14.0. The Morgan fingerprint density at radius 2 is 1.64 bits per heavy atom. The van der Waals surface area contributed by atoms with Crippen molar-refractivity contribution in [3.8, 4) is 5.69 Å². The third-order valence-electron chi connectivity index (χ3n) is 5.53. The van der Waals surface area contributed by atoms with Gasteiger partial charge in [-0.1, -0.05) is 0 Å². The lowest BCUT2D eigenvalue weighted by Crippen LogP contribution is -2.46. The molecule has 3 amide bonds. The number of benzene rings is 1. The molecule has 0 unspecified atom stereocenters. The van der Waals surface area contributed by atoms with E-state index in [0.29, 0.717) is 18.8 Å². The first-order chi connectivity index (χ1) is 13.7. The van der Waals surface area contributed by atoms with E-state index < -0.39 is 0 Å². The lowest BCUT2D eigenvalue weighted by atomic mass is 9.94. The summed E-state index contributed by atoms with van der Waals surface area (Å²) < 4.78 is 1.55. The number of hydrogen-bond donors (Lipinski definition) is 1. The van der Waals surface area contributed by atoms with Crippen molar-refractivity contribution in [2.24, 2.45) is 5.92 Å². The van der Waals surface area contributed by atoms with E-state index in [0.717, 1.165) is 44.5 Å². The zero-order valence-electron chi connectivity index (χ0n) is 15.8. The fraction of sp³-hybridized carbons (Fsp3) is 0.526. The molecular weight excluding hydrogens is 358 g/mol. The number of carbonyl (C=O) groups excluding carboxylic acids is 2. The molecule has 0 radical (unpaired) electrons. The van der Waals surface area contributed by atoms with Crippen LogP contribution in [0.25, 0.3) is 5.69 Å². The van der Waals surface area contributed by atoms with Crippen LogP contribution in [0.15, 0.2) is 30.6 Å². The average molecular weight is 383 g/mol. The fourth-order valence-electron chi connectivity index (χ4n) is 3.88. The van der Waals surface area contributed by atoms with Crippen LogP contribution in [0.1, 0.15) is 32.1 Å². The summed E-state index contributed by atoms with van der Waals surface area (Å²) in [5.74, 6) is 0.329. The van der Waals surface area contributed by atoms with Crippen LogP contribution < -0.4 is 5.32 Å². The molecule has 28 heavy (non-hydrogen) atoms. The number of aromatic nitrogens is 4. The molecule has 2 aromatic rings. The van der Waals surface area contributed by atoms with Crippen molar-refractivity contribution >= 4 is 17.6 Å². The monoisotopic (exact) mass is 383 g/mol. The van der Waals surface area contributed by atoms with E-state index in [4.69, 9.17) is 0 Å². The summed E-state index contributed by atoms with van der Waals surface area (Å²) in [5.41, 5.74) is 1.54. The van der Waals surface area contributed by atoms with E-state index in [1.54, 1.807) is 9.58 Å². The smallest absolute Gasteiger partial charge is 0.321 e. The first kappa shape index (κ1) is 18.4. The van der Waals surface area contributed by atoms with Crippen molar-refractivity contribution in [2.75, 3.05) is 31.5 Å². The van der Waals surface area contributed by atoms with Crippen LogP contribution >= 0.6 is 0 Å². The maximum Gasteiger partial charge on any atom is 0.321 e. The lowest BCUT2D eigenvalue weighted by Gasteiger charge is -2.35. The molecule has 1 aromatic carbocycles. The van der Waals surface area contributed by atoms with Crippen molar-refractivity contribution in [3.63, 3.8) is 0 Å². The number of nitrogens with zero attached hydrogens (tertiary/aromatic N) is 6. The van der Waals surface area contributed by atoms with E-state index in [2.05, 4.69) is 20.8 Å². The molecule has 2 fully saturated rings. The molecule has 1 N–H and O–H groups in total. The Labute approximate surface area is 163 Å². The van der Waals surface area contributed by atoms with Gasteiger partial charge in [0, 0.05) is 37.8 Å². The number of tetrazole rings is 1. The molecule has 2 aliphatic rings. The van der Waals surface area contributed by atoms with Gasteiger partial charge in [0.15, 0.2) is 0 Å². The summed E-state index contributed by atoms with van der Waals surface area (Å²) in [6.07, 6.45) is 6.43. The van der Waals surface area contributed by atoms with Crippen molar-refractivity contribution in [3.05, 3.63) is 30.6 Å². The second kappa shape index (κ2) is 8.37. The van der Waals surface area contributed by atoms with Crippen molar-refractivity contribution in [1.82, 2.24) is 30.0 Å². The maximum atomic E-state index is 12.6. The van der Waals surface area contributed by atoms with Gasteiger partial charge >= 0.3 is 6.03 Å². The normalized spacial score (nSPS) is 18.1. The fourth-order valence-corrected chi connectivity index (χ4v) is 3.88. The zero-order chi connectivity index (χ0) is 19.3. The summed E-state index contributed by atoms with van der Waals surface area (Å²) in [6, 6.07) is 7.20. The predicted octanol–water partition coefficient (Wildman–Crippen LogP) is 1.92. The SMILES string of the molecule is O=C(Nc1ccc(-n2cnnn2)cc1)N1CCC(C(=O)N2CCCCC2)CC1. The van der Waals surface area contributed by atoms with Crippen molar-refractivity contribution in [1.29, 1.82) is 0 Å². The number of amides is 3. The van der Waals surface area contributed by atoms with Crippen molar-refractivity contribution < 1.29 is 9.59 Å². The molecule has 2 saturated heterocycles. The van der Waals surface area contributed by atoms with Crippen LogP contribution in [0, 0.1) is 5.92 Å². The van der Waals surface area contributed by atoms with Crippen LogP contribution in [0.3, 0.4) is 0 Å². The third kappa shape index (κ3) is 4.13. The summed E-state index contributed by atoms with van der Waals surface area (Å²) in [7, 11) is 0. The lowest BCUT2D eigenvalue weighted by molar-refractivity contribution is -0.137. The molecule has 148 valence electrons. The highest BCUT2D eigenvalue weighted by atomic mass is 16.2. The van der Waals surface area contributed by atoms with E-state index in [9.17, 15) is 9.59 Å². The quantitative estimate of drug-likeness (QED) is 0.873. The number of piperidine rings is 2. The van der Waals surface area contributed by atoms with Gasteiger partial charge in [0.25, 0.3) is 0 Å². The van der Waals surface area contributed by atoms with Gasteiger partial charge in [-0.3, -0.25) is 4.79 Å². The van der Waals surface area contributed by atoms with E-state index in [1.165, 1.54) is 12.7 Å². The third-order valence-corrected chi connectivity index (χ3v) is 5.53. The second-order valence-electron chi connectivity index (χ2n) is 7.38. The van der Waals surface area contributed by atoms with Crippen LogP contribution in [0.4, 0.5) is 10.5 Å². The molecule has 4 rings (SSSR count). The number of rotatable bonds is 3. The van der Waals surface area contributed by atoms with Gasteiger partial charge < -0.3 is 15.1 Å². The number of carbonyl (C=O) groups is 2. The molecule has 9 heteroatoms. The minimum atomic E-state index is -0.126. The predicted molar refractivity (Wildman–Crippen MR) is 103 cm³/mol. The number of anilines is 1. The molecule has 2 aliphatic heterocycles. The largest absolute Gasteiger partial charge is 0.342 e. The van der Waals surface area contributed by atoms with Crippen LogP contribution in [-0.4, -0.2) is 68.1 Å². The number of nitrogens with one attached hydrogen (secondary N) is 1. The van der Waals surface area contributed by atoms with Gasteiger partial charge in [0.2, 0.25) is 5.91 Å². The molecule has 1 aromatic heterocycles. The highest BCUT2D eigenvalue weighted by Gasteiger charge is 2.30. The Morgan fingerprint density at radius 1 is 0.929 bits per heavy atom. The summed E-state index contributed by atoms with van der Waals surface area (Å²) in [6.45, 7) is 3.00. The second-order valence-corrected chi connectivity index (χ2v) is 7.38. The van der Waals surface area contributed by atoms with E-state index in [-0.39, 0.29) is 17.9 Å².